The van der Waals surface area contributed by atoms with Crippen molar-refractivity contribution in [3.63, 3.8) is 0 Å². The number of halogens is 3. The molecule has 0 aliphatic carbocycles. The van der Waals surface area contributed by atoms with Crippen molar-refractivity contribution >= 4 is 6.20 Å². The maximum absolute atomic E-state index is 12.3. The fourth-order valence-corrected chi connectivity index (χ4v) is 2.84. The number of hydrogen-bond acceptors (Lipinski definition) is 6. The molecular weight excluding hydrogens is 373 g/mol. The number of benzene rings is 2. The van der Waals surface area contributed by atoms with Crippen molar-refractivity contribution < 1.29 is 22.4 Å². The molecule has 2 heterocycles. The summed E-state index contributed by atoms with van der Waals surface area (Å²) in [4.78, 5) is 0. The molecule has 0 radical (unpaired) electrons. The van der Waals surface area contributed by atoms with Crippen LogP contribution in [0, 0.1) is 6.92 Å². The number of aromatic nitrogens is 1. The Hall–Kier alpha value is -3.49. The van der Waals surface area contributed by atoms with E-state index in [-0.39, 0.29) is 5.75 Å². The number of hydrogen-bond donors (Lipinski definition) is 1. The van der Waals surface area contributed by atoms with E-state index in [4.69, 9.17) is 4.52 Å². The second kappa shape index (κ2) is 6.91. The normalized spacial score (nSPS) is 13.2. The number of fused-ring (bicyclic) bond motifs is 1. The molecule has 3 aromatic rings. The van der Waals surface area contributed by atoms with Crippen LogP contribution in [0.15, 0.2) is 58.2 Å². The van der Waals surface area contributed by atoms with E-state index < -0.39 is 6.36 Å². The molecule has 0 saturated heterocycles. The average molecular weight is 388 g/mol. The summed E-state index contributed by atoms with van der Waals surface area (Å²) in [6, 6.07) is 13.2. The number of aryl methyl sites for hydroxylation is 1. The SMILES string of the molecule is Cc1cc(CN2C=c3cc(-c4ccc(OC(F)(F)F)cc4)ccc3=NN2)on1. The van der Waals surface area contributed by atoms with E-state index in [0.717, 1.165) is 27.4 Å². The minimum Gasteiger partial charge on any atom is -0.406 e. The van der Waals surface area contributed by atoms with Gasteiger partial charge in [-0.2, -0.15) is 5.10 Å². The van der Waals surface area contributed by atoms with E-state index in [9.17, 15) is 13.2 Å². The van der Waals surface area contributed by atoms with Gasteiger partial charge in [-0.15, -0.1) is 13.2 Å². The second-order valence-corrected chi connectivity index (χ2v) is 6.25. The van der Waals surface area contributed by atoms with Crippen LogP contribution in [0.5, 0.6) is 5.75 Å². The number of ether oxygens (including phenoxy) is 1. The lowest BCUT2D eigenvalue weighted by Crippen LogP contribution is -2.42. The molecule has 144 valence electrons. The quantitative estimate of drug-likeness (QED) is 0.745. The van der Waals surface area contributed by atoms with Crippen LogP contribution in [-0.4, -0.2) is 16.5 Å². The topological polar surface area (TPSA) is 62.9 Å². The van der Waals surface area contributed by atoms with E-state index in [1.54, 1.807) is 17.1 Å². The molecule has 6 nitrogen and oxygen atoms in total. The lowest BCUT2D eigenvalue weighted by atomic mass is 10.0. The van der Waals surface area contributed by atoms with E-state index >= 15 is 0 Å². The highest BCUT2D eigenvalue weighted by Crippen LogP contribution is 2.25. The number of rotatable bonds is 4. The molecule has 0 atom stereocenters. The number of alkyl halides is 3. The fourth-order valence-electron chi connectivity index (χ4n) is 2.84. The Morgan fingerprint density at radius 3 is 2.50 bits per heavy atom. The maximum atomic E-state index is 12.3. The molecule has 9 heteroatoms. The molecule has 1 aromatic heterocycles. The van der Waals surface area contributed by atoms with Gasteiger partial charge >= 0.3 is 6.36 Å². The highest BCUT2D eigenvalue weighted by atomic mass is 19.4. The highest BCUT2D eigenvalue weighted by Gasteiger charge is 2.30. The Kier molecular flexibility index (Phi) is 4.42. The molecule has 4 rings (SSSR count). The minimum atomic E-state index is -4.71. The van der Waals surface area contributed by atoms with E-state index in [2.05, 4.69) is 20.5 Å². The van der Waals surface area contributed by atoms with Crippen LogP contribution in [-0.2, 0) is 6.54 Å². The van der Waals surface area contributed by atoms with Crippen molar-refractivity contribution in [2.75, 3.05) is 0 Å². The molecule has 1 N–H and O–H groups in total. The van der Waals surface area contributed by atoms with Crippen molar-refractivity contribution in [2.24, 2.45) is 5.10 Å². The summed E-state index contributed by atoms with van der Waals surface area (Å²) in [6.45, 7) is 2.29. The van der Waals surface area contributed by atoms with Gasteiger partial charge in [0.15, 0.2) is 5.76 Å². The van der Waals surface area contributed by atoms with Crippen LogP contribution in [0.2, 0.25) is 0 Å². The van der Waals surface area contributed by atoms with Crippen molar-refractivity contribution in [1.29, 1.82) is 0 Å². The Bertz CT molecular complexity index is 1110. The zero-order valence-corrected chi connectivity index (χ0v) is 14.7. The zero-order chi connectivity index (χ0) is 19.7. The van der Waals surface area contributed by atoms with Gasteiger partial charge in [0.25, 0.3) is 0 Å². The van der Waals surface area contributed by atoms with Crippen molar-refractivity contribution in [3.8, 4) is 16.9 Å². The van der Waals surface area contributed by atoms with Crippen LogP contribution < -0.4 is 20.8 Å². The predicted molar refractivity (Wildman–Crippen MR) is 93.7 cm³/mol. The molecule has 0 amide bonds. The van der Waals surface area contributed by atoms with Gasteiger partial charge < -0.3 is 9.26 Å². The Balaban J connectivity index is 1.58. The lowest BCUT2D eigenvalue weighted by Gasteiger charge is -2.20. The van der Waals surface area contributed by atoms with Gasteiger partial charge in [0.05, 0.1) is 11.1 Å². The highest BCUT2D eigenvalue weighted by molar-refractivity contribution is 5.64. The molecule has 28 heavy (non-hydrogen) atoms. The van der Waals surface area contributed by atoms with Gasteiger partial charge in [-0.25, -0.2) is 5.53 Å². The van der Waals surface area contributed by atoms with Crippen LogP contribution in [0.4, 0.5) is 13.2 Å². The van der Waals surface area contributed by atoms with Crippen molar-refractivity contribution in [2.45, 2.75) is 19.8 Å². The largest absolute Gasteiger partial charge is 0.573 e. The van der Waals surface area contributed by atoms with Crippen LogP contribution in [0.1, 0.15) is 11.5 Å². The molecule has 0 saturated carbocycles. The standard InChI is InChI=1S/C19H15F3N4O2/c1-12-8-17(28-24-12)11-26-10-15-9-14(4-7-18(15)23-25-26)13-2-5-16(6-3-13)27-19(20,21)22/h2-10,25H,11H2,1H3. The number of nitrogens with zero attached hydrogens (tertiary/aromatic N) is 3. The predicted octanol–water partition coefficient (Wildman–Crippen LogP) is 2.84. The maximum Gasteiger partial charge on any atom is 0.573 e. The van der Waals surface area contributed by atoms with Crippen LogP contribution >= 0.6 is 0 Å². The fraction of sp³-hybridized carbons (Fsp3) is 0.158. The summed E-state index contributed by atoms with van der Waals surface area (Å²) in [6.07, 6.45) is -2.83. The monoisotopic (exact) mass is 388 g/mol. The molecule has 0 unspecified atom stereocenters. The first-order valence-corrected chi connectivity index (χ1v) is 8.36. The van der Waals surface area contributed by atoms with Gasteiger partial charge in [0.2, 0.25) is 0 Å². The molecular formula is C19H15F3N4O2. The third-order valence-corrected chi connectivity index (χ3v) is 4.05. The summed E-state index contributed by atoms with van der Waals surface area (Å²) in [5.41, 5.74) is 5.32. The van der Waals surface area contributed by atoms with Gasteiger partial charge in [-0.05, 0) is 42.3 Å². The van der Waals surface area contributed by atoms with Gasteiger partial charge in [0.1, 0.15) is 12.3 Å². The lowest BCUT2D eigenvalue weighted by molar-refractivity contribution is -0.274. The second-order valence-electron chi connectivity index (χ2n) is 6.25. The summed E-state index contributed by atoms with van der Waals surface area (Å²) in [5.74, 6) is 0.435. The summed E-state index contributed by atoms with van der Waals surface area (Å²) in [5, 5.41) is 11.5. The first-order chi connectivity index (χ1) is 13.4. The number of nitrogens with one attached hydrogen (secondary N) is 1. The Morgan fingerprint density at radius 2 is 1.82 bits per heavy atom. The van der Waals surface area contributed by atoms with Gasteiger partial charge in [-0.1, -0.05) is 23.4 Å². The molecule has 2 aromatic carbocycles. The molecule has 1 aliphatic rings. The summed E-state index contributed by atoms with van der Waals surface area (Å²) >= 11 is 0. The minimum absolute atomic E-state index is 0.256. The van der Waals surface area contributed by atoms with Crippen LogP contribution in [0.25, 0.3) is 17.3 Å². The van der Waals surface area contributed by atoms with E-state index in [0.29, 0.717) is 12.3 Å². The number of hydrazine groups is 1. The smallest absolute Gasteiger partial charge is 0.406 e. The summed E-state index contributed by atoms with van der Waals surface area (Å²) in [7, 11) is 0. The first-order valence-electron chi connectivity index (χ1n) is 8.36. The third-order valence-electron chi connectivity index (χ3n) is 4.05. The van der Waals surface area contributed by atoms with Crippen molar-refractivity contribution in [1.82, 2.24) is 15.7 Å². The zero-order valence-electron chi connectivity index (χ0n) is 14.7. The van der Waals surface area contributed by atoms with E-state index in [1.165, 1.54) is 12.1 Å². The molecule has 1 aliphatic heterocycles. The summed E-state index contributed by atoms with van der Waals surface area (Å²) < 4.78 is 46.0. The Morgan fingerprint density at radius 1 is 1.07 bits per heavy atom. The van der Waals surface area contributed by atoms with Crippen molar-refractivity contribution in [3.05, 3.63) is 70.6 Å². The molecule has 0 spiro atoms. The third kappa shape index (κ3) is 4.08. The van der Waals surface area contributed by atoms with Gasteiger partial charge in [-0.3, -0.25) is 5.01 Å². The average Bonchev–Trinajstić information content (AvgIpc) is 3.05. The first kappa shape index (κ1) is 17.9. The van der Waals surface area contributed by atoms with Crippen LogP contribution in [0.3, 0.4) is 0 Å². The van der Waals surface area contributed by atoms with E-state index in [1.807, 2.05) is 37.4 Å². The molecule has 0 bridgehead atoms. The van der Waals surface area contributed by atoms with Gasteiger partial charge in [0, 0.05) is 17.5 Å². The Labute approximate surface area is 157 Å². The molecule has 0 fully saturated rings.